The molecule has 0 aromatic rings. The molecule has 0 heterocycles. The zero-order valence-corrected chi connectivity index (χ0v) is 6.12. The average molecular weight is 143 g/mol. The lowest BCUT2D eigenvalue weighted by molar-refractivity contribution is 0.0868. The lowest BCUT2D eigenvalue weighted by atomic mass is 10.1. The van der Waals surface area contributed by atoms with E-state index in [2.05, 4.69) is 4.85 Å². The molecule has 0 aromatic heterocycles. The normalized spacial score (nSPS) is 15.8. The highest BCUT2D eigenvalue weighted by Gasteiger charge is 2.11. The first kappa shape index (κ1) is 9.41. The van der Waals surface area contributed by atoms with Crippen LogP contribution in [0.15, 0.2) is 0 Å². The molecule has 3 heteroatoms. The summed E-state index contributed by atoms with van der Waals surface area (Å²) in [4.78, 5) is 3.01. The molecule has 3 nitrogen and oxygen atoms in total. The summed E-state index contributed by atoms with van der Waals surface area (Å²) < 4.78 is 0. The van der Waals surface area contributed by atoms with Gasteiger partial charge >= 0.3 is 0 Å². The second-order valence-corrected chi connectivity index (χ2v) is 2.29. The Labute approximate surface area is 61.1 Å². The summed E-state index contributed by atoms with van der Waals surface area (Å²) in [5.41, 5.74) is 0. The summed E-state index contributed by atoms with van der Waals surface area (Å²) in [6, 6.07) is 0. The average Bonchev–Trinajstić information content (AvgIpc) is 1.88. The summed E-state index contributed by atoms with van der Waals surface area (Å²) >= 11 is 0. The van der Waals surface area contributed by atoms with E-state index >= 15 is 0 Å². The molecule has 0 saturated heterocycles. The predicted molar refractivity (Wildman–Crippen MR) is 38.4 cm³/mol. The van der Waals surface area contributed by atoms with Crippen molar-refractivity contribution in [2.45, 2.75) is 32.0 Å². The largest absolute Gasteiger partial charge is 0.393 e. The minimum absolute atomic E-state index is 0.0943. The molecule has 58 valence electrons. The Hall–Kier alpha value is -0.590. The summed E-state index contributed by atoms with van der Waals surface area (Å²) in [6.07, 6.45) is -0.169. The molecule has 0 saturated carbocycles. The molecule has 0 aliphatic rings. The molecule has 0 spiro atoms. The quantitative estimate of drug-likeness (QED) is 0.560. The third-order valence-corrected chi connectivity index (χ3v) is 1.32. The monoisotopic (exact) mass is 143 g/mol. The van der Waals surface area contributed by atoms with E-state index < -0.39 is 12.2 Å². The van der Waals surface area contributed by atoms with Gasteiger partial charge in [0.25, 0.3) is 0 Å². The first-order chi connectivity index (χ1) is 4.70. The van der Waals surface area contributed by atoms with Crippen LogP contribution in [-0.2, 0) is 0 Å². The van der Waals surface area contributed by atoms with Gasteiger partial charge in [-0.1, -0.05) is 6.92 Å². The van der Waals surface area contributed by atoms with Gasteiger partial charge in [0, 0.05) is 6.42 Å². The van der Waals surface area contributed by atoms with Crippen molar-refractivity contribution in [3.8, 4) is 0 Å². The molecular formula is C7H13NO2. The van der Waals surface area contributed by atoms with Crippen LogP contribution in [0.25, 0.3) is 4.85 Å². The van der Waals surface area contributed by atoms with E-state index in [0.29, 0.717) is 12.8 Å². The van der Waals surface area contributed by atoms with E-state index in [1.807, 2.05) is 6.92 Å². The standard InChI is InChI=1S/C7H13NO2/c1-3-6(9)4-7(10)5-8-2/h6-7,9-10H,3-5H2,1H3. The highest BCUT2D eigenvalue weighted by Crippen LogP contribution is 2.01. The van der Waals surface area contributed by atoms with Gasteiger partial charge in [-0.25, -0.2) is 6.57 Å². The van der Waals surface area contributed by atoms with Crippen LogP contribution in [0.3, 0.4) is 0 Å². The summed E-state index contributed by atoms with van der Waals surface area (Å²) in [5, 5.41) is 18.0. The zero-order chi connectivity index (χ0) is 7.98. The second-order valence-electron chi connectivity index (χ2n) is 2.29. The SMILES string of the molecule is [C-]#[N+]CC(O)CC(O)CC. The Morgan fingerprint density at radius 2 is 2.00 bits per heavy atom. The summed E-state index contributed by atoms with van der Waals surface area (Å²) in [6.45, 7) is 8.35. The minimum Gasteiger partial charge on any atom is -0.393 e. The van der Waals surface area contributed by atoms with Crippen LogP contribution in [0.5, 0.6) is 0 Å². The molecule has 0 bridgehead atoms. The van der Waals surface area contributed by atoms with Crippen molar-refractivity contribution in [3.63, 3.8) is 0 Å². The first-order valence-electron chi connectivity index (χ1n) is 3.40. The zero-order valence-electron chi connectivity index (χ0n) is 6.12. The van der Waals surface area contributed by atoms with Crippen LogP contribution < -0.4 is 0 Å². The van der Waals surface area contributed by atoms with Crippen LogP contribution in [0.4, 0.5) is 0 Å². The Bertz CT molecular complexity index is 119. The molecular weight excluding hydrogens is 130 g/mol. The van der Waals surface area contributed by atoms with Crippen molar-refractivity contribution < 1.29 is 10.2 Å². The third kappa shape index (κ3) is 4.30. The van der Waals surface area contributed by atoms with Crippen molar-refractivity contribution in [2.24, 2.45) is 0 Å². The lowest BCUT2D eigenvalue weighted by Gasteiger charge is -2.08. The van der Waals surface area contributed by atoms with Crippen LogP contribution in [0, 0.1) is 6.57 Å². The van der Waals surface area contributed by atoms with Crippen LogP contribution >= 0.6 is 0 Å². The second kappa shape index (κ2) is 5.21. The van der Waals surface area contributed by atoms with Gasteiger partial charge in [-0.15, -0.1) is 0 Å². The number of hydrogen-bond donors (Lipinski definition) is 2. The van der Waals surface area contributed by atoms with E-state index in [4.69, 9.17) is 16.8 Å². The smallest absolute Gasteiger partial charge is 0.240 e. The molecule has 0 aromatic carbocycles. The summed E-state index contributed by atoms with van der Waals surface area (Å²) in [7, 11) is 0. The maximum absolute atomic E-state index is 8.99. The van der Waals surface area contributed by atoms with Crippen LogP contribution in [-0.4, -0.2) is 29.0 Å². The molecule has 2 unspecified atom stereocenters. The fourth-order valence-electron chi connectivity index (χ4n) is 0.661. The van der Waals surface area contributed by atoms with E-state index in [9.17, 15) is 0 Å². The number of nitrogens with zero attached hydrogens (tertiary/aromatic N) is 1. The Morgan fingerprint density at radius 1 is 1.40 bits per heavy atom. The highest BCUT2D eigenvalue weighted by molar-refractivity contribution is 4.71. The molecule has 0 rings (SSSR count). The van der Waals surface area contributed by atoms with Crippen molar-refractivity contribution in [3.05, 3.63) is 11.4 Å². The van der Waals surface area contributed by atoms with Gasteiger partial charge in [0.15, 0.2) is 0 Å². The highest BCUT2D eigenvalue weighted by atomic mass is 16.3. The molecule has 0 radical (unpaired) electrons. The maximum Gasteiger partial charge on any atom is 0.240 e. The fourth-order valence-corrected chi connectivity index (χ4v) is 0.661. The number of aliphatic hydroxyl groups excluding tert-OH is 2. The Morgan fingerprint density at radius 3 is 2.40 bits per heavy atom. The topological polar surface area (TPSA) is 44.8 Å². The van der Waals surface area contributed by atoms with Gasteiger partial charge in [-0.3, -0.25) is 0 Å². The third-order valence-electron chi connectivity index (χ3n) is 1.32. The molecule has 0 amide bonds. The Kier molecular flexibility index (Phi) is 4.91. The molecule has 10 heavy (non-hydrogen) atoms. The molecule has 2 atom stereocenters. The van der Waals surface area contributed by atoms with Crippen molar-refractivity contribution in [1.82, 2.24) is 0 Å². The van der Waals surface area contributed by atoms with Gasteiger partial charge < -0.3 is 15.1 Å². The number of rotatable bonds is 4. The summed E-state index contributed by atoms with van der Waals surface area (Å²) in [5.74, 6) is 0. The van der Waals surface area contributed by atoms with E-state index in [0.717, 1.165) is 0 Å². The van der Waals surface area contributed by atoms with Crippen molar-refractivity contribution >= 4 is 0 Å². The van der Waals surface area contributed by atoms with Gasteiger partial charge in [0.2, 0.25) is 6.54 Å². The first-order valence-corrected chi connectivity index (χ1v) is 3.40. The maximum atomic E-state index is 8.99. The van der Waals surface area contributed by atoms with Gasteiger partial charge in [-0.2, -0.15) is 0 Å². The van der Waals surface area contributed by atoms with E-state index in [1.165, 1.54) is 0 Å². The molecule has 0 aliphatic heterocycles. The molecule has 0 fully saturated rings. The van der Waals surface area contributed by atoms with Gasteiger partial charge in [-0.05, 0) is 6.42 Å². The van der Waals surface area contributed by atoms with Gasteiger partial charge in [0.05, 0.1) is 6.10 Å². The molecule has 0 aliphatic carbocycles. The predicted octanol–water partition coefficient (Wildman–Crippen LogP) is 0.428. The lowest BCUT2D eigenvalue weighted by Crippen LogP contribution is -2.18. The van der Waals surface area contributed by atoms with Crippen LogP contribution in [0.1, 0.15) is 19.8 Å². The van der Waals surface area contributed by atoms with Crippen molar-refractivity contribution in [2.75, 3.05) is 6.54 Å². The fraction of sp³-hybridized carbons (Fsp3) is 0.857. The van der Waals surface area contributed by atoms with E-state index in [1.54, 1.807) is 0 Å². The Balaban J connectivity index is 3.38. The van der Waals surface area contributed by atoms with Gasteiger partial charge in [0.1, 0.15) is 6.10 Å². The molecule has 2 N–H and O–H groups in total. The number of aliphatic hydroxyl groups is 2. The minimum atomic E-state index is -0.660. The number of hydrogen-bond acceptors (Lipinski definition) is 2. The van der Waals surface area contributed by atoms with E-state index in [-0.39, 0.29) is 6.54 Å². The van der Waals surface area contributed by atoms with Crippen molar-refractivity contribution in [1.29, 1.82) is 0 Å². The van der Waals surface area contributed by atoms with Crippen LogP contribution in [0.2, 0.25) is 0 Å².